The minimum absolute atomic E-state index is 0.0968. The second kappa shape index (κ2) is 10.00. The molecule has 0 fully saturated rings. The number of aliphatic hydroxyl groups excluding tert-OH is 1. The Hall–Kier alpha value is -3.50. The van der Waals surface area contributed by atoms with Crippen LogP contribution in [0, 0.1) is 26.1 Å². The van der Waals surface area contributed by atoms with Crippen LogP contribution in [-0.4, -0.2) is 39.9 Å². The fourth-order valence-electron chi connectivity index (χ4n) is 2.64. The molecule has 0 aliphatic heterocycles. The zero-order valence-electron chi connectivity index (χ0n) is 15.5. The van der Waals surface area contributed by atoms with E-state index in [0.717, 1.165) is 19.1 Å². The molecule has 0 aliphatic carbocycles. The van der Waals surface area contributed by atoms with Crippen LogP contribution in [-0.2, 0) is 19.1 Å². The van der Waals surface area contributed by atoms with Crippen molar-refractivity contribution in [2.45, 2.75) is 26.7 Å². The predicted octanol–water partition coefficient (Wildman–Crippen LogP) is 2.49. The highest BCUT2D eigenvalue weighted by atomic mass is 16.6. The number of hydrogen-bond donors (Lipinski definition) is 1. The number of non-ortho nitro benzene ring substituents is 1. The number of rotatable bonds is 10. The Bertz CT molecular complexity index is 804. The van der Waals surface area contributed by atoms with Gasteiger partial charge in [0.15, 0.2) is 0 Å². The zero-order chi connectivity index (χ0) is 21.4. The van der Waals surface area contributed by atoms with Gasteiger partial charge in [-0.05, 0) is 26.3 Å². The van der Waals surface area contributed by atoms with E-state index in [2.05, 4.69) is 0 Å². The first kappa shape index (κ1) is 22.5. The first-order chi connectivity index (χ1) is 13.1. The summed E-state index contributed by atoms with van der Waals surface area (Å²) in [6, 6.07) is 4.65. The van der Waals surface area contributed by atoms with Crippen LogP contribution in [0.2, 0.25) is 0 Å². The lowest BCUT2D eigenvalue weighted by molar-refractivity contribution is -0.437. The summed E-state index contributed by atoms with van der Waals surface area (Å²) in [5.74, 6) is -6.32. The number of aliphatic hydroxyl groups is 1. The van der Waals surface area contributed by atoms with Crippen LogP contribution in [0.3, 0.4) is 0 Å². The molecule has 0 spiro atoms. The van der Waals surface area contributed by atoms with Gasteiger partial charge in [0, 0.05) is 12.1 Å². The Kier molecular flexibility index (Phi) is 8.05. The van der Waals surface area contributed by atoms with Crippen molar-refractivity contribution in [3.63, 3.8) is 0 Å². The van der Waals surface area contributed by atoms with Crippen molar-refractivity contribution in [3.8, 4) is 0 Å². The lowest BCUT2D eigenvalue weighted by atomic mass is 9.81. The van der Waals surface area contributed by atoms with E-state index in [0.29, 0.717) is 0 Å². The molecule has 11 nitrogen and oxygen atoms in total. The standard InChI is InChI=1S/C17H20N2O9/c1-4-27-16(21)13(10(3)20)14(15(19(25)26)17(22)28-5-2)11-7-6-8-12(9-11)18(23)24/h6-9,13-14,22H,4-5H2,1-3H3. The number of esters is 1. The number of nitro benzene ring substituents is 1. The minimum atomic E-state index is -1.72. The summed E-state index contributed by atoms with van der Waals surface area (Å²) in [5.41, 5.74) is -1.48. The lowest BCUT2D eigenvalue weighted by Crippen LogP contribution is -2.34. The van der Waals surface area contributed by atoms with Crippen LogP contribution in [0.5, 0.6) is 0 Å². The van der Waals surface area contributed by atoms with Crippen LogP contribution in [0.25, 0.3) is 0 Å². The first-order valence-electron chi connectivity index (χ1n) is 8.27. The fraction of sp³-hybridized carbons (Fsp3) is 0.412. The average molecular weight is 396 g/mol. The molecule has 28 heavy (non-hydrogen) atoms. The molecule has 0 radical (unpaired) electrons. The van der Waals surface area contributed by atoms with E-state index >= 15 is 0 Å². The molecule has 0 amide bonds. The molecule has 0 bridgehead atoms. The van der Waals surface area contributed by atoms with Gasteiger partial charge in [-0.15, -0.1) is 0 Å². The highest BCUT2D eigenvalue weighted by Gasteiger charge is 2.45. The third-order valence-corrected chi connectivity index (χ3v) is 3.74. The van der Waals surface area contributed by atoms with E-state index in [1.54, 1.807) is 0 Å². The van der Waals surface area contributed by atoms with Crippen molar-refractivity contribution in [2.24, 2.45) is 5.92 Å². The van der Waals surface area contributed by atoms with Gasteiger partial charge in [0.1, 0.15) is 17.6 Å². The summed E-state index contributed by atoms with van der Waals surface area (Å²) in [5, 5.41) is 32.8. The molecular weight excluding hydrogens is 376 g/mol. The molecule has 152 valence electrons. The molecule has 0 aromatic heterocycles. The number of ketones is 1. The van der Waals surface area contributed by atoms with E-state index in [9.17, 15) is 34.9 Å². The average Bonchev–Trinajstić information content (AvgIpc) is 2.61. The molecule has 1 aromatic rings. The molecule has 2 unspecified atom stereocenters. The Balaban J connectivity index is 3.79. The van der Waals surface area contributed by atoms with Crippen LogP contribution in [0.4, 0.5) is 5.69 Å². The third kappa shape index (κ3) is 5.25. The van der Waals surface area contributed by atoms with Crippen LogP contribution in [0.15, 0.2) is 35.9 Å². The highest BCUT2D eigenvalue weighted by molar-refractivity contribution is 5.99. The monoisotopic (exact) mass is 396 g/mol. The molecule has 2 atom stereocenters. The number of nitrogens with zero attached hydrogens (tertiary/aromatic N) is 2. The van der Waals surface area contributed by atoms with Crippen molar-refractivity contribution >= 4 is 17.4 Å². The van der Waals surface area contributed by atoms with Gasteiger partial charge >= 0.3 is 17.6 Å². The number of carbonyl (C=O) groups excluding carboxylic acids is 2. The fourth-order valence-corrected chi connectivity index (χ4v) is 2.64. The Labute approximate surface area is 159 Å². The van der Waals surface area contributed by atoms with Gasteiger partial charge in [-0.2, -0.15) is 0 Å². The first-order valence-corrected chi connectivity index (χ1v) is 8.27. The van der Waals surface area contributed by atoms with Gasteiger partial charge in [-0.1, -0.05) is 12.1 Å². The van der Waals surface area contributed by atoms with Crippen molar-refractivity contribution < 1.29 is 34.0 Å². The Morgan fingerprint density at radius 3 is 2.21 bits per heavy atom. The van der Waals surface area contributed by atoms with E-state index in [1.807, 2.05) is 0 Å². The van der Waals surface area contributed by atoms with Crippen LogP contribution in [0.1, 0.15) is 32.3 Å². The van der Waals surface area contributed by atoms with E-state index in [-0.39, 0.29) is 18.8 Å². The Morgan fingerprint density at radius 1 is 1.14 bits per heavy atom. The highest BCUT2D eigenvalue weighted by Crippen LogP contribution is 2.37. The van der Waals surface area contributed by atoms with Crippen LogP contribution < -0.4 is 0 Å². The van der Waals surface area contributed by atoms with Crippen molar-refractivity contribution in [2.75, 3.05) is 13.2 Å². The molecule has 0 heterocycles. The maximum absolute atomic E-state index is 12.4. The number of ether oxygens (including phenoxy) is 2. The smallest absolute Gasteiger partial charge is 0.354 e. The molecular formula is C17H20N2O9. The molecule has 0 saturated carbocycles. The minimum Gasteiger partial charge on any atom is -0.476 e. The van der Waals surface area contributed by atoms with Gasteiger partial charge in [-0.25, -0.2) is 0 Å². The molecule has 1 N–H and O–H groups in total. The van der Waals surface area contributed by atoms with Crippen molar-refractivity contribution in [3.05, 3.63) is 61.7 Å². The second-order valence-electron chi connectivity index (χ2n) is 5.55. The topological polar surface area (TPSA) is 159 Å². The molecule has 0 aliphatic rings. The maximum atomic E-state index is 12.4. The molecule has 11 heteroatoms. The van der Waals surface area contributed by atoms with Crippen molar-refractivity contribution in [1.82, 2.24) is 0 Å². The normalized spacial score (nSPS) is 13.7. The van der Waals surface area contributed by atoms with Gasteiger partial charge in [0.25, 0.3) is 5.69 Å². The summed E-state index contributed by atoms with van der Waals surface area (Å²) in [6.07, 6.45) is 0. The van der Waals surface area contributed by atoms with E-state index < -0.39 is 50.8 Å². The molecule has 1 rings (SSSR count). The summed E-state index contributed by atoms with van der Waals surface area (Å²) in [7, 11) is 0. The van der Waals surface area contributed by atoms with Gasteiger partial charge in [0.05, 0.1) is 23.1 Å². The van der Waals surface area contributed by atoms with Gasteiger partial charge < -0.3 is 14.6 Å². The van der Waals surface area contributed by atoms with Gasteiger partial charge in [-0.3, -0.25) is 29.8 Å². The van der Waals surface area contributed by atoms with E-state index in [4.69, 9.17) is 9.47 Å². The second-order valence-corrected chi connectivity index (χ2v) is 5.55. The number of nitro groups is 2. The predicted molar refractivity (Wildman–Crippen MR) is 94.9 cm³/mol. The number of allylic oxidation sites excluding steroid dienone is 1. The number of benzene rings is 1. The summed E-state index contributed by atoms with van der Waals surface area (Å²) in [6.45, 7) is 3.75. The third-order valence-electron chi connectivity index (χ3n) is 3.74. The van der Waals surface area contributed by atoms with E-state index in [1.165, 1.54) is 26.0 Å². The largest absolute Gasteiger partial charge is 0.476 e. The quantitative estimate of drug-likeness (QED) is 0.206. The number of carbonyl (C=O) groups is 2. The van der Waals surface area contributed by atoms with Crippen molar-refractivity contribution in [1.29, 1.82) is 0 Å². The SMILES string of the molecule is CCOC(=O)C(C(C)=O)C(C(=C(O)OCC)[N+](=O)[O-])c1cccc([N+](=O)[O-])c1. The zero-order valence-corrected chi connectivity index (χ0v) is 15.5. The number of hydrogen-bond acceptors (Lipinski definition) is 9. The van der Waals surface area contributed by atoms with Crippen LogP contribution >= 0.6 is 0 Å². The molecule has 0 saturated heterocycles. The maximum Gasteiger partial charge on any atom is 0.354 e. The summed E-state index contributed by atoms with van der Waals surface area (Å²) < 4.78 is 9.67. The Morgan fingerprint density at radius 2 is 1.75 bits per heavy atom. The lowest BCUT2D eigenvalue weighted by Gasteiger charge is -2.22. The number of Topliss-reactive ketones (excluding diaryl/α,β-unsaturated/α-hetero) is 1. The summed E-state index contributed by atoms with van der Waals surface area (Å²) in [4.78, 5) is 45.6. The summed E-state index contributed by atoms with van der Waals surface area (Å²) >= 11 is 0. The van der Waals surface area contributed by atoms with Gasteiger partial charge in [0.2, 0.25) is 0 Å². The molecule has 1 aromatic carbocycles.